The Hall–Kier alpha value is -2.74. The number of anilines is 2. The second-order valence-corrected chi connectivity index (χ2v) is 7.02. The fourth-order valence-corrected chi connectivity index (χ4v) is 3.27. The van der Waals surface area contributed by atoms with Crippen molar-refractivity contribution < 1.29 is 22.7 Å². The summed E-state index contributed by atoms with van der Waals surface area (Å²) in [7, 11) is -0.923. The molecule has 0 aliphatic rings. The number of methoxy groups -OCH3 is 2. The molecular formula is C17H20N2O5S. The Labute approximate surface area is 147 Å². The molecule has 0 saturated carbocycles. The molecule has 2 N–H and O–H groups in total. The molecule has 0 radical (unpaired) electrons. The van der Waals surface area contributed by atoms with Crippen molar-refractivity contribution in [3.63, 3.8) is 0 Å². The zero-order chi connectivity index (χ0) is 18.6. The van der Waals surface area contributed by atoms with E-state index < -0.39 is 10.0 Å². The van der Waals surface area contributed by atoms with E-state index >= 15 is 0 Å². The Balaban J connectivity index is 2.34. The molecule has 0 spiro atoms. The number of hydrogen-bond acceptors (Lipinski definition) is 5. The molecule has 0 heterocycles. The topological polar surface area (TPSA) is 93.7 Å². The van der Waals surface area contributed by atoms with Crippen LogP contribution < -0.4 is 19.5 Å². The summed E-state index contributed by atoms with van der Waals surface area (Å²) in [4.78, 5) is 11.3. The lowest BCUT2D eigenvalue weighted by atomic mass is 10.2. The van der Waals surface area contributed by atoms with Crippen LogP contribution in [0.2, 0.25) is 0 Å². The lowest BCUT2D eigenvalue weighted by molar-refractivity contribution is -0.114. The van der Waals surface area contributed by atoms with Gasteiger partial charge in [0.2, 0.25) is 5.91 Å². The largest absolute Gasteiger partial charge is 0.493 e. The van der Waals surface area contributed by atoms with Crippen LogP contribution in [-0.2, 0) is 14.8 Å². The van der Waals surface area contributed by atoms with Crippen LogP contribution in [0.3, 0.4) is 0 Å². The van der Waals surface area contributed by atoms with E-state index in [1.54, 1.807) is 18.2 Å². The van der Waals surface area contributed by atoms with E-state index in [1.165, 1.54) is 39.3 Å². The summed E-state index contributed by atoms with van der Waals surface area (Å²) in [5.41, 5.74) is 1.70. The van der Waals surface area contributed by atoms with Gasteiger partial charge in [0.05, 0.1) is 24.8 Å². The van der Waals surface area contributed by atoms with Crippen LogP contribution >= 0.6 is 0 Å². The average molecular weight is 364 g/mol. The molecule has 0 atom stereocenters. The summed E-state index contributed by atoms with van der Waals surface area (Å²) in [6.07, 6.45) is 0. The molecule has 2 aromatic carbocycles. The number of nitrogens with one attached hydrogen (secondary N) is 2. The van der Waals surface area contributed by atoms with Crippen LogP contribution in [0.4, 0.5) is 11.4 Å². The highest BCUT2D eigenvalue weighted by Gasteiger charge is 2.17. The third kappa shape index (κ3) is 4.42. The summed E-state index contributed by atoms with van der Waals surface area (Å²) >= 11 is 0. The molecule has 0 unspecified atom stereocenters. The van der Waals surface area contributed by atoms with Gasteiger partial charge in [-0.15, -0.1) is 0 Å². The highest BCUT2D eigenvalue weighted by molar-refractivity contribution is 7.92. The lowest BCUT2D eigenvalue weighted by Crippen LogP contribution is -2.14. The van der Waals surface area contributed by atoms with Gasteiger partial charge in [0.25, 0.3) is 10.0 Å². The second-order valence-electron chi connectivity index (χ2n) is 5.33. The first-order valence-electron chi connectivity index (χ1n) is 7.40. The first kappa shape index (κ1) is 18.6. The van der Waals surface area contributed by atoms with Crippen LogP contribution in [0.5, 0.6) is 11.5 Å². The van der Waals surface area contributed by atoms with E-state index in [-0.39, 0.29) is 10.8 Å². The minimum Gasteiger partial charge on any atom is -0.493 e. The van der Waals surface area contributed by atoms with Gasteiger partial charge in [-0.3, -0.25) is 9.52 Å². The Bertz CT molecular complexity index is 894. The monoisotopic (exact) mass is 364 g/mol. The summed E-state index contributed by atoms with van der Waals surface area (Å²) in [6, 6.07) is 9.23. The Morgan fingerprint density at radius 2 is 1.68 bits per heavy atom. The maximum Gasteiger partial charge on any atom is 0.262 e. The van der Waals surface area contributed by atoms with Crippen molar-refractivity contribution in [1.82, 2.24) is 0 Å². The standard InChI is InChI=1S/C17H20N2O5S/c1-11-5-6-13(9-15(11)18-12(2)20)19-25(21,22)14-7-8-16(23-3)17(10-14)24-4/h5-10,19H,1-4H3,(H,18,20). The van der Waals surface area contributed by atoms with Crippen LogP contribution in [0.1, 0.15) is 12.5 Å². The zero-order valence-corrected chi connectivity index (χ0v) is 15.2. The number of carbonyl (C=O) groups is 1. The van der Waals surface area contributed by atoms with Gasteiger partial charge in [-0.2, -0.15) is 0 Å². The van der Waals surface area contributed by atoms with Crippen molar-refractivity contribution in [2.45, 2.75) is 18.7 Å². The molecule has 0 bridgehead atoms. The minimum absolute atomic E-state index is 0.0341. The molecule has 0 aromatic heterocycles. The van der Waals surface area contributed by atoms with Crippen molar-refractivity contribution in [3.8, 4) is 11.5 Å². The Morgan fingerprint density at radius 1 is 1.00 bits per heavy atom. The van der Waals surface area contributed by atoms with Crippen molar-refractivity contribution >= 4 is 27.3 Å². The summed E-state index contributed by atoms with van der Waals surface area (Å²) < 4.78 is 37.9. The Morgan fingerprint density at radius 3 is 2.28 bits per heavy atom. The third-order valence-corrected chi connectivity index (χ3v) is 4.84. The minimum atomic E-state index is -3.83. The van der Waals surface area contributed by atoms with E-state index in [0.717, 1.165) is 5.56 Å². The van der Waals surface area contributed by atoms with E-state index in [0.29, 0.717) is 22.9 Å². The first-order chi connectivity index (χ1) is 11.8. The van der Waals surface area contributed by atoms with Gasteiger partial charge < -0.3 is 14.8 Å². The number of rotatable bonds is 6. The van der Waals surface area contributed by atoms with E-state index in [2.05, 4.69) is 10.0 Å². The smallest absolute Gasteiger partial charge is 0.262 e. The van der Waals surface area contributed by atoms with Crippen LogP contribution in [0, 0.1) is 6.92 Å². The van der Waals surface area contributed by atoms with Gasteiger partial charge in [0.15, 0.2) is 11.5 Å². The fourth-order valence-electron chi connectivity index (χ4n) is 2.21. The molecule has 0 fully saturated rings. The van der Waals surface area contributed by atoms with E-state index in [9.17, 15) is 13.2 Å². The van der Waals surface area contributed by atoms with Crippen molar-refractivity contribution in [2.75, 3.05) is 24.3 Å². The number of hydrogen-bond donors (Lipinski definition) is 2. The Kier molecular flexibility index (Phi) is 5.53. The van der Waals surface area contributed by atoms with Crippen molar-refractivity contribution in [1.29, 1.82) is 0 Å². The van der Waals surface area contributed by atoms with Gasteiger partial charge >= 0.3 is 0 Å². The molecule has 8 heteroatoms. The summed E-state index contributed by atoms with van der Waals surface area (Å²) in [5, 5.41) is 2.66. The van der Waals surface area contributed by atoms with E-state index in [4.69, 9.17) is 9.47 Å². The lowest BCUT2D eigenvalue weighted by Gasteiger charge is -2.13. The second kappa shape index (κ2) is 7.43. The highest BCUT2D eigenvalue weighted by Crippen LogP contribution is 2.30. The normalized spacial score (nSPS) is 10.9. The number of ether oxygens (including phenoxy) is 2. The van der Waals surface area contributed by atoms with Gasteiger partial charge in [0, 0.05) is 18.7 Å². The van der Waals surface area contributed by atoms with Gasteiger partial charge in [-0.05, 0) is 36.8 Å². The molecule has 25 heavy (non-hydrogen) atoms. The number of carbonyl (C=O) groups excluding carboxylic acids is 1. The molecule has 134 valence electrons. The predicted molar refractivity (Wildman–Crippen MR) is 95.8 cm³/mol. The maximum absolute atomic E-state index is 12.6. The molecule has 2 aromatic rings. The molecule has 0 saturated heterocycles. The first-order valence-corrected chi connectivity index (χ1v) is 8.88. The van der Waals surface area contributed by atoms with E-state index in [1.807, 2.05) is 6.92 Å². The third-order valence-electron chi connectivity index (χ3n) is 3.47. The van der Waals surface area contributed by atoms with Crippen molar-refractivity contribution in [3.05, 3.63) is 42.0 Å². The van der Waals surface area contributed by atoms with Crippen LogP contribution in [0.25, 0.3) is 0 Å². The van der Waals surface area contributed by atoms with Crippen LogP contribution in [0.15, 0.2) is 41.3 Å². The predicted octanol–water partition coefficient (Wildman–Crippen LogP) is 2.77. The molecule has 0 aliphatic heterocycles. The average Bonchev–Trinajstić information content (AvgIpc) is 2.56. The van der Waals surface area contributed by atoms with Gasteiger partial charge in [-0.1, -0.05) is 6.07 Å². The molecule has 1 amide bonds. The number of benzene rings is 2. The summed E-state index contributed by atoms with van der Waals surface area (Å²) in [5.74, 6) is 0.515. The van der Waals surface area contributed by atoms with Crippen LogP contribution in [-0.4, -0.2) is 28.5 Å². The molecular weight excluding hydrogens is 344 g/mol. The molecule has 7 nitrogen and oxygen atoms in total. The fraction of sp³-hybridized carbons (Fsp3) is 0.235. The number of amides is 1. The molecule has 0 aliphatic carbocycles. The zero-order valence-electron chi connectivity index (χ0n) is 14.4. The van der Waals surface area contributed by atoms with Gasteiger partial charge in [0.1, 0.15) is 0 Å². The quantitative estimate of drug-likeness (QED) is 0.822. The highest BCUT2D eigenvalue weighted by atomic mass is 32.2. The molecule has 2 rings (SSSR count). The maximum atomic E-state index is 12.6. The number of sulfonamides is 1. The summed E-state index contributed by atoms with van der Waals surface area (Å²) in [6.45, 7) is 3.21. The van der Waals surface area contributed by atoms with Crippen molar-refractivity contribution in [2.24, 2.45) is 0 Å². The SMILES string of the molecule is COc1ccc(S(=O)(=O)Nc2ccc(C)c(NC(C)=O)c2)cc1OC. The van der Waals surface area contributed by atoms with Gasteiger partial charge in [-0.25, -0.2) is 8.42 Å². The number of aryl methyl sites for hydroxylation is 1.